The topological polar surface area (TPSA) is 40.5 Å². The van der Waals surface area contributed by atoms with Gasteiger partial charge in [-0.15, -0.1) is 0 Å². The summed E-state index contributed by atoms with van der Waals surface area (Å²) in [6.45, 7) is 1.87. The van der Waals surface area contributed by atoms with Gasteiger partial charge in [0.05, 0.1) is 18.4 Å². The first kappa shape index (κ1) is 28.5. The second-order valence-corrected chi connectivity index (χ2v) is 14.3. The number of rotatable bonds is 14. The maximum absolute atomic E-state index is 10.2. The molecule has 0 saturated heterocycles. The van der Waals surface area contributed by atoms with Crippen LogP contribution in [0.2, 0.25) is 0 Å². The largest absolute Gasteiger partial charge is 0.385 e. The SMILES string of the molecule is CC1=CC(O)C(CCCCCCCCCC[P+](c2ccccc2)(c2ccccc2)c2ccccc2)=CC1O. The summed E-state index contributed by atoms with van der Waals surface area (Å²) in [5.74, 6) is 0. The quantitative estimate of drug-likeness (QED) is 0.133. The van der Waals surface area contributed by atoms with Crippen LogP contribution < -0.4 is 15.9 Å². The van der Waals surface area contributed by atoms with E-state index in [9.17, 15) is 10.2 Å². The molecule has 0 bridgehead atoms. The highest BCUT2D eigenvalue weighted by Crippen LogP contribution is 2.56. The molecule has 2 unspecified atom stereocenters. The molecule has 3 heteroatoms. The zero-order valence-electron chi connectivity index (χ0n) is 22.9. The van der Waals surface area contributed by atoms with E-state index < -0.39 is 19.5 Å². The second kappa shape index (κ2) is 14.6. The summed E-state index contributed by atoms with van der Waals surface area (Å²) in [4.78, 5) is 0. The summed E-state index contributed by atoms with van der Waals surface area (Å²) in [7, 11) is -1.70. The Balaban J connectivity index is 1.26. The molecule has 0 radical (unpaired) electrons. The first-order valence-corrected chi connectivity index (χ1v) is 16.4. The number of unbranched alkanes of at least 4 members (excludes halogenated alkanes) is 7. The zero-order chi connectivity index (χ0) is 26.6. The molecule has 1 aliphatic carbocycles. The van der Waals surface area contributed by atoms with Gasteiger partial charge in [0.1, 0.15) is 23.2 Å². The average molecular weight is 528 g/mol. The van der Waals surface area contributed by atoms with E-state index in [-0.39, 0.29) is 0 Å². The van der Waals surface area contributed by atoms with E-state index in [1.165, 1.54) is 67.0 Å². The Hall–Kier alpha value is -2.51. The predicted octanol–water partition coefficient (Wildman–Crippen LogP) is 7.10. The Labute approximate surface area is 230 Å². The van der Waals surface area contributed by atoms with Crippen LogP contribution in [-0.2, 0) is 0 Å². The molecule has 2 nitrogen and oxygen atoms in total. The third-order valence-corrected chi connectivity index (χ3v) is 12.5. The van der Waals surface area contributed by atoms with Crippen molar-refractivity contribution in [3.63, 3.8) is 0 Å². The lowest BCUT2D eigenvalue weighted by Gasteiger charge is -2.27. The van der Waals surface area contributed by atoms with Gasteiger partial charge in [-0.05, 0) is 86.2 Å². The van der Waals surface area contributed by atoms with Crippen molar-refractivity contribution < 1.29 is 10.2 Å². The van der Waals surface area contributed by atoms with Crippen molar-refractivity contribution in [3.05, 3.63) is 114 Å². The van der Waals surface area contributed by atoms with Gasteiger partial charge in [-0.2, -0.15) is 0 Å². The van der Waals surface area contributed by atoms with Gasteiger partial charge in [-0.1, -0.05) is 92.8 Å². The molecule has 0 fully saturated rings. The van der Waals surface area contributed by atoms with E-state index in [4.69, 9.17) is 0 Å². The number of hydrogen-bond acceptors (Lipinski definition) is 2. The number of hydrogen-bond donors (Lipinski definition) is 2. The molecule has 3 aromatic rings. The Bertz CT molecular complexity index is 1060. The van der Waals surface area contributed by atoms with E-state index in [1.807, 2.05) is 13.0 Å². The van der Waals surface area contributed by atoms with E-state index in [0.29, 0.717) is 0 Å². The van der Waals surface area contributed by atoms with Gasteiger partial charge < -0.3 is 10.2 Å². The maximum Gasteiger partial charge on any atom is 0.112 e. The van der Waals surface area contributed by atoms with Gasteiger partial charge in [0, 0.05) is 0 Å². The standard InChI is InChI=1S/C35H44O2P/c1-29-27-35(37)30(28-34(29)36)19-11-6-4-2-3-5-7-18-26-38(31-20-12-8-13-21-31,32-22-14-9-15-23-32)33-24-16-10-17-25-33/h8-10,12-17,20-25,27-28,34-37H,2-7,11,18-19,26H2,1H3/q+1. The van der Waals surface area contributed by atoms with Crippen molar-refractivity contribution in [1.29, 1.82) is 0 Å². The molecule has 0 spiro atoms. The molecule has 4 rings (SSSR count). The molecule has 0 aromatic heterocycles. The van der Waals surface area contributed by atoms with Gasteiger partial charge in [-0.3, -0.25) is 0 Å². The van der Waals surface area contributed by atoms with Crippen molar-refractivity contribution in [1.82, 2.24) is 0 Å². The van der Waals surface area contributed by atoms with Crippen LogP contribution in [0.25, 0.3) is 0 Å². The first-order chi connectivity index (χ1) is 18.6. The van der Waals surface area contributed by atoms with Crippen molar-refractivity contribution in [2.24, 2.45) is 0 Å². The highest BCUT2D eigenvalue weighted by atomic mass is 31.2. The van der Waals surface area contributed by atoms with E-state index in [2.05, 4.69) is 91.0 Å². The minimum atomic E-state index is -1.70. The summed E-state index contributed by atoms with van der Waals surface area (Å²) < 4.78 is 0. The van der Waals surface area contributed by atoms with Crippen LogP contribution in [-0.4, -0.2) is 28.6 Å². The lowest BCUT2D eigenvalue weighted by atomic mass is 9.92. The van der Waals surface area contributed by atoms with E-state index >= 15 is 0 Å². The lowest BCUT2D eigenvalue weighted by molar-refractivity contribution is 0.218. The van der Waals surface area contributed by atoms with Gasteiger partial charge >= 0.3 is 0 Å². The third-order valence-electron chi connectivity index (χ3n) is 7.94. The summed E-state index contributed by atoms with van der Waals surface area (Å²) in [5.41, 5.74) is 1.82. The summed E-state index contributed by atoms with van der Waals surface area (Å²) in [6, 6.07) is 33.6. The Morgan fingerprint density at radius 1 is 0.526 bits per heavy atom. The number of benzene rings is 3. The van der Waals surface area contributed by atoms with Crippen molar-refractivity contribution in [2.75, 3.05) is 6.16 Å². The monoisotopic (exact) mass is 527 g/mol. The smallest absolute Gasteiger partial charge is 0.112 e. The van der Waals surface area contributed by atoms with Crippen LogP contribution in [0.3, 0.4) is 0 Å². The molecule has 38 heavy (non-hydrogen) atoms. The summed E-state index contributed by atoms with van der Waals surface area (Å²) >= 11 is 0. The molecule has 2 N–H and O–H groups in total. The molecule has 0 aliphatic heterocycles. The zero-order valence-corrected chi connectivity index (χ0v) is 23.8. The van der Waals surface area contributed by atoms with Gasteiger partial charge in [0.25, 0.3) is 0 Å². The van der Waals surface area contributed by atoms with Crippen molar-refractivity contribution >= 4 is 23.2 Å². The van der Waals surface area contributed by atoms with Crippen LogP contribution in [0.5, 0.6) is 0 Å². The van der Waals surface area contributed by atoms with Crippen LogP contribution >= 0.6 is 7.26 Å². The van der Waals surface area contributed by atoms with Crippen molar-refractivity contribution in [3.8, 4) is 0 Å². The molecule has 0 saturated carbocycles. The molecule has 2 atom stereocenters. The molecular formula is C35H44O2P+. The van der Waals surface area contributed by atoms with E-state index in [0.717, 1.165) is 24.0 Å². The molecule has 0 amide bonds. The highest BCUT2D eigenvalue weighted by Gasteiger charge is 2.44. The minimum Gasteiger partial charge on any atom is -0.385 e. The van der Waals surface area contributed by atoms with Crippen LogP contribution in [0, 0.1) is 0 Å². The molecule has 0 heterocycles. The molecule has 1 aliphatic rings. The second-order valence-electron chi connectivity index (χ2n) is 10.7. The highest BCUT2D eigenvalue weighted by molar-refractivity contribution is 7.95. The molecule has 200 valence electrons. The Kier molecular flexibility index (Phi) is 10.9. The molecule has 3 aromatic carbocycles. The lowest BCUT2D eigenvalue weighted by Crippen LogP contribution is -2.33. The fraction of sp³-hybridized carbons (Fsp3) is 0.371. The molecular weight excluding hydrogens is 483 g/mol. The van der Waals surface area contributed by atoms with Crippen LogP contribution in [0.4, 0.5) is 0 Å². The third kappa shape index (κ3) is 7.32. The fourth-order valence-electron chi connectivity index (χ4n) is 5.74. The van der Waals surface area contributed by atoms with E-state index in [1.54, 1.807) is 6.08 Å². The van der Waals surface area contributed by atoms with Crippen molar-refractivity contribution in [2.45, 2.75) is 76.9 Å². The predicted molar refractivity (Wildman–Crippen MR) is 165 cm³/mol. The van der Waals surface area contributed by atoms with Gasteiger partial charge in [-0.25, -0.2) is 0 Å². The van der Waals surface area contributed by atoms with Crippen LogP contribution in [0.15, 0.2) is 114 Å². The number of aliphatic hydroxyl groups excluding tert-OH is 2. The summed E-state index contributed by atoms with van der Waals surface area (Å²) in [6.07, 6.45) is 14.6. The maximum atomic E-state index is 10.2. The minimum absolute atomic E-state index is 0.518. The van der Waals surface area contributed by atoms with Crippen LogP contribution in [0.1, 0.15) is 64.7 Å². The fourth-order valence-corrected chi connectivity index (χ4v) is 10.1. The summed E-state index contributed by atoms with van der Waals surface area (Å²) in [5, 5.41) is 24.6. The van der Waals surface area contributed by atoms with Gasteiger partial charge in [0.2, 0.25) is 0 Å². The average Bonchev–Trinajstić information content (AvgIpc) is 2.96. The normalized spacial score (nSPS) is 17.7. The first-order valence-electron chi connectivity index (χ1n) is 14.4. The van der Waals surface area contributed by atoms with Gasteiger partial charge in [0.15, 0.2) is 0 Å². The Morgan fingerprint density at radius 3 is 1.42 bits per heavy atom. The number of aliphatic hydroxyl groups is 2. The Morgan fingerprint density at radius 2 is 0.947 bits per heavy atom.